The lowest BCUT2D eigenvalue weighted by atomic mass is 9.94. The molecule has 0 bridgehead atoms. The van der Waals surface area contributed by atoms with E-state index in [1.807, 2.05) is 0 Å². The Balaban J connectivity index is 2.32. The Morgan fingerprint density at radius 3 is 2.53 bits per heavy atom. The molecule has 90 valence electrons. The smallest absolute Gasteiger partial charge is 0.0626 e. The molecule has 0 aliphatic heterocycles. The van der Waals surface area contributed by atoms with Crippen molar-refractivity contribution in [3.8, 4) is 0 Å². The summed E-state index contributed by atoms with van der Waals surface area (Å²) in [7, 11) is 1.72. The number of rotatable bonds is 6. The molecule has 1 unspecified atom stereocenters. The van der Waals surface area contributed by atoms with Gasteiger partial charge in [0.25, 0.3) is 0 Å². The lowest BCUT2D eigenvalue weighted by Gasteiger charge is -2.35. The van der Waals surface area contributed by atoms with Crippen LogP contribution in [-0.4, -0.2) is 43.8 Å². The molecule has 0 radical (unpaired) electrons. The van der Waals surface area contributed by atoms with Crippen molar-refractivity contribution < 1.29 is 4.74 Å². The average molecular weight is 214 g/mol. The zero-order valence-electron chi connectivity index (χ0n) is 10.2. The molecule has 0 aromatic carbocycles. The first-order chi connectivity index (χ1) is 7.27. The molecular formula is C12H26N2O. The van der Waals surface area contributed by atoms with Gasteiger partial charge in [0.05, 0.1) is 6.61 Å². The maximum absolute atomic E-state index is 6.00. The van der Waals surface area contributed by atoms with Gasteiger partial charge in [0.1, 0.15) is 0 Å². The minimum Gasteiger partial charge on any atom is -0.383 e. The van der Waals surface area contributed by atoms with Gasteiger partial charge in [0.2, 0.25) is 0 Å². The summed E-state index contributed by atoms with van der Waals surface area (Å²) < 4.78 is 5.08. The summed E-state index contributed by atoms with van der Waals surface area (Å²) in [6.07, 6.45) is 6.90. The summed E-state index contributed by atoms with van der Waals surface area (Å²) in [5.41, 5.74) is 6.00. The Labute approximate surface area is 94.0 Å². The first-order valence-electron chi connectivity index (χ1n) is 6.26. The topological polar surface area (TPSA) is 38.5 Å². The number of methoxy groups -OCH3 is 1. The second-order valence-corrected chi connectivity index (χ2v) is 4.59. The third-order valence-electron chi connectivity index (χ3n) is 3.35. The van der Waals surface area contributed by atoms with Crippen LogP contribution < -0.4 is 5.73 Å². The van der Waals surface area contributed by atoms with E-state index in [0.717, 1.165) is 19.1 Å². The second kappa shape index (κ2) is 7.20. The average Bonchev–Trinajstić information content (AvgIpc) is 2.27. The summed E-state index contributed by atoms with van der Waals surface area (Å²) >= 11 is 0. The van der Waals surface area contributed by atoms with Crippen LogP contribution in [0, 0.1) is 0 Å². The highest BCUT2D eigenvalue weighted by Gasteiger charge is 2.21. The molecule has 1 saturated carbocycles. The summed E-state index contributed by atoms with van der Waals surface area (Å²) in [6, 6.07) is 0.934. The van der Waals surface area contributed by atoms with Crippen LogP contribution in [0.25, 0.3) is 0 Å². The van der Waals surface area contributed by atoms with Crippen molar-refractivity contribution in [1.29, 1.82) is 0 Å². The van der Waals surface area contributed by atoms with Crippen LogP contribution in [0.5, 0.6) is 0 Å². The van der Waals surface area contributed by atoms with E-state index < -0.39 is 0 Å². The van der Waals surface area contributed by atoms with E-state index in [2.05, 4.69) is 11.8 Å². The van der Waals surface area contributed by atoms with E-state index in [4.69, 9.17) is 10.5 Å². The fourth-order valence-corrected chi connectivity index (χ4v) is 2.55. The standard InChI is InChI=1S/C12H26N2O/c1-3-14(9-11(13)10-15-2)12-7-5-4-6-8-12/h11-12H,3-10,13H2,1-2H3. The molecule has 2 N–H and O–H groups in total. The predicted octanol–water partition coefficient (Wildman–Crippen LogP) is 1.61. The summed E-state index contributed by atoms with van der Waals surface area (Å²) in [4.78, 5) is 2.53. The molecule has 1 rings (SSSR count). The normalized spacial score (nSPS) is 20.8. The molecule has 1 atom stereocenters. The minimum absolute atomic E-state index is 0.164. The van der Waals surface area contributed by atoms with E-state index in [1.165, 1.54) is 32.1 Å². The van der Waals surface area contributed by atoms with Crippen molar-refractivity contribution in [1.82, 2.24) is 4.90 Å². The molecule has 0 amide bonds. The monoisotopic (exact) mass is 214 g/mol. The third-order valence-corrected chi connectivity index (χ3v) is 3.35. The Kier molecular flexibility index (Phi) is 6.22. The summed E-state index contributed by atoms with van der Waals surface area (Å²) in [5, 5.41) is 0. The highest BCUT2D eigenvalue weighted by atomic mass is 16.5. The minimum atomic E-state index is 0.164. The number of hydrogen-bond acceptors (Lipinski definition) is 3. The maximum atomic E-state index is 6.00. The van der Waals surface area contributed by atoms with E-state index in [0.29, 0.717) is 6.61 Å². The first kappa shape index (κ1) is 12.9. The Hall–Kier alpha value is -0.120. The highest BCUT2D eigenvalue weighted by molar-refractivity contribution is 4.78. The number of likely N-dealkylation sites (N-methyl/N-ethyl adjacent to an activating group) is 1. The summed E-state index contributed by atoms with van der Waals surface area (Å²) in [5.74, 6) is 0. The van der Waals surface area contributed by atoms with Gasteiger partial charge in [-0.25, -0.2) is 0 Å². The third kappa shape index (κ3) is 4.49. The summed E-state index contributed by atoms with van der Waals surface area (Å²) in [6.45, 7) is 4.99. The van der Waals surface area contributed by atoms with Crippen molar-refractivity contribution >= 4 is 0 Å². The van der Waals surface area contributed by atoms with E-state index >= 15 is 0 Å². The van der Waals surface area contributed by atoms with Crippen LogP contribution in [0.1, 0.15) is 39.0 Å². The van der Waals surface area contributed by atoms with Crippen LogP contribution in [0.4, 0.5) is 0 Å². The largest absolute Gasteiger partial charge is 0.383 e. The molecule has 15 heavy (non-hydrogen) atoms. The molecule has 0 saturated heterocycles. The molecule has 3 nitrogen and oxygen atoms in total. The predicted molar refractivity (Wildman–Crippen MR) is 64.0 cm³/mol. The van der Waals surface area contributed by atoms with Crippen LogP contribution in [-0.2, 0) is 4.74 Å². The Morgan fingerprint density at radius 2 is 2.00 bits per heavy atom. The zero-order valence-corrected chi connectivity index (χ0v) is 10.2. The van der Waals surface area contributed by atoms with Gasteiger partial charge in [0, 0.05) is 25.7 Å². The van der Waals surface area contributed by atoms with E-state index in [-0.39, 0.29) is 6.04 Å². The quantitative estimate of drug-likeness (QED) is 0.730. The van der Waals surface area contributed by atoms with Crippen molar-refractivity contribution in [2.45, 2.75) is 51.1 Å². The molecule has 0 spiro atoms. The van der Waals surface area contributed by atoms with E-state index in [1.54, 1.807) is 7.11 Å². The van der Waals surface area contributed by atoms with Gasteiger partial charge in [-0.1, -0.05) is 26.2 Å². The lowest BCUT2D eigenvalue weighted by molar-refractivity contribution is 0.119. The molecule has 0 heterocycles. The van der Waals surface area contributed by atoms with Crippen LogP contribution in [0.2, 0.25) is 0 Å². The molecule has 0 aromatic rings. The van der Waals surface area contributed by atoms with Crippen molar-refractivity contribution in [2.75, 3.05) is 26.8 Å². The lowest BCUT2D eigenvalue weighted by Crippen LogP contribution is -2.45. The van der Waals surface area contributed by atoms with Crippen molar-refractivity contribution in [3.05, 3.63) is 0 Å². The highest BCUT2D eigenvalue weighted by Crippen LogP contribution is 2.22. The molecule has 1 aliphatic rings. The van der Waals surface area contributed by atoms with Gasteiger partial charge in [-0.2, -0.15) is 0 Å². The van der Waals surface area contributed by atoms with Gasteiger partial charge >= 0.3 is 0 Å². The van der Waals surface area contributed by atoms with Gasteiger partial charge in [0.15, 0.2) is 0 Å². The molecule has 0 aromatic heterocycles. The van der Waals surface area contributed by atoms with Gasteiger partial charge in [-0.05, 0) is 19.4 Å². The molecule has 1 fully saturated rings. The number of nitrogens with zero attached hydrogens (tertiary/aromatic N) is 1. The fraction of sp³-hybridized carbons (Fsp3) is 1.00. The molecular weight excluding hydrogens is 188 g/mol. The van der Waals surface area contributed by atoms with Gasteiger partial charge in [-0.3, -0.25) is 4.90 Å². The SMILES string of the molecule is CCN(CC(N)COC)C1CCCCC1. The number of nitrogens with two attached hydrogens (primary N) is 1. The van der Waals surface area contributed by atoms with Gasteiger partial charge in [-0.15, -0.1) is 0 Å². The zero-order chi connectivity index (χ0) is 11.1. The van der Waals surface area contributed by atoms with Crippen molar-refractivity contribution in [3.63, 3.8) is 0 Å². The van der Waals surface area contributed by atoms with Crippen LogP contribution in [0.3, 0.4) is 0 Å². The van der Waals surface area contributed by atoms with Crippen LogP contribution in [0.15, 0.2) is 0 Å². The maximum Gasteiger partial charge on any atom is 0.0626 e. The second-order valence-electron chi connectivity index (χ2n) is 4.59. The Bertz CT molecular complexity index is 158. The van der Waals surface area contributed by atoms with Crippen LogP contribution >= 0.6 is 0 Å². The Morgan fingerprint density at radius 1 is 1.33 bits per heavy atom. The molecule has 1 aliphatic carbocycles. The van der Waals surface area contributed by atoms with Crippen molar-refractivity contribution in [2.24, 2.45) is 5.73 Å². The number of ether oxygens (including phenoxy) is 1. The van der Waals surface area contributed by atoms with Gasteiger partial charge < -0.3 is 10.5 Å². The van der Waals surface area contributed by atoms with E-state index in [9.17, 15) is 0 Å². The fourth-order valence-electron chi connectivity index (χ4n) is 2.55. The first-order valence-corrected chi connectivity index (χ1v) is 6.26. The number of hydrogen-bond donors (Lipinski definition) is 1. The molecule has 3 heteroatoms.